The Morgan fingerprint density at radius 1 is 1.17 bits per heavy atom. The number of carboxylic acid groups (broad SMARTS) is 1. The van der Waals surface area contributed by atoms with E-state index in [4.69, 9.17) is 10.8 Å². The summed E-state index contributed by atoms with van der Waals surface area (Å²) in [5.74, 6) is -2.82. The van der Waals surface area contributed by atoms with Crippen LogP contribution >= 0.6 is 0 Å². The first-order valence-electron chi connectivity index (χ1n) is 7.04. The van der Waals surface area contributed by atoms with Gasteiger partial charge in [0, 0.05) is 0 Å². The molecule has 0 spiro atoms. The quantitative estimate of drug-likeness (QED) is 0.553. The van der Waals surface area contributed by atoms with Crippen LogP contribution in [0.15, 0.2) is 24.3 Å². The minimum absolute atomic E-state index is 0.115. The van der Waals surface area contributed by atoms with E-state index in [0.29, 0.717) is 5.56 Å². The van der Waals surface area contributed by atoms with E-state index in [2.05, 4.69) is 10.6 Å². The van der Waals surface area contributed by atoms with Crippen LogP contribution < -0.4 is 16.4 Å². The number of amides is 2. The maximum atomic E-state index is 13.1. The maximum absolute atomic E-state index is 13.1. The summed E-state index contributed by atoms with van der Waals surface area (Å²) in [7, 11) is 0. The number of carbonyl (C=O) groups is 3. The zero-order chi connectivity index (χ0) is 17.6. The van der Waals surface area contributed by atoms with Gasteiger partial charge in [-0.2, -0.15) is 0 Å². The number of carbonyl (C=O) groups excluding carboxylic acids is 2. The van der Waals surface area contributed by atoms with Crippen LogP contribution in [0.2, 0.25) is 0 Å². The van der Waals surface area contributed by atoms with E-state index in [1.54, 1.807) is 6.07 Å². The summed E-state index contributed by atoms with van der Waals surface area (Å²) in [5, 5.41) is 13.3. The molecule has 0 radical (unpaired) electrons. The summed E-state index contributed by atoms with van der Waals surface area (Å²) < 4.78 is 13.1. The van der Waals surface area contributed by atoms with Gasteiger partial charge in [-0.05, 0) is 38.0 Å². The van der Waals surface area contributed by atoms with Crippen LogP contribution in [-0.2, 0) is 20.8 Å². The van der Waals surface area contributed by atoms with Crippen LogP contribution in [-0.4, -0.2) is 41.0 Å². The second-order valence-corrected chi connectivity index (χ2v) is 5.24. The van der Waals surface area contributed by atoms with E-state index in [0.717, 1.165) is 0 Å². The molecule has 0 aliphatic rings. The molecular weight excluding hydrogens is 305 g/mol. The molecule has 3 unspecified atom stereocenters. The molecule has 0 saturated carbocycles. The molecule has 0 aliphatic carbocycles. The molecule has 8 heteroatoms. The number of nitrogens with two attached hydrogens (primary N) is 1. The molecule has 1 aromatic carbocycles. The summed E-state index contributed by atoms with van der Waals surface area (Å²) in [6.45, 7) is 2.72. The molecule has 1 rings (SSSR count). The van der Waals surface area contributed by atoms with Crippen LogP contribution in [0.1, 0.15) is 19.4 Å². The highest BCUT2D eigenvalue weighted by Gasteiger charge is 2.23. The van der Waals surface area contributed by atoms with Gasteiger partial charge in [0.15, 0.2) is 0 Å². The molecule has 1 aromatic rings. The Bertz CT molecular complexity index is 594. The standard InChI is InChI=1S/C15H20FN3O4/c1-8(13(20)19-9(2)15(22)23)18-14(21)12(17)7-10-4-3-5-11(16)6-10/h3-6,8-9,12H,7,17H2,1-2H3,(H,18,21)(H,19,20)(H,22,23). The number of carboxylic acids is 1. The average Bonchev–Trinajstić information content (AvgIpc) is 2.46. The lowest BCUT2D eigenvalue weighted by atomic mass is 10.1. The van der Waals surface area contributed by atoms with Gasteiger partial charge in [-0.3, -0.25) is 14.4 Å². The van der Waals surface area contributed by atoms with Crippen molar-refractivity contribution in [3.63, 3.8) is 0 Å². The van der Waals surface area contributed by atoms with E-state index < -0.39 is 41.7 Å². The number of rotatable bonds is 7. The highest BCUT2D eigenvalue weighted by Crippen LogP contribution is 2.06. The smallest absolute Gasteiger partial charge is 0.325 e. The van der Waals surface area contributed by atoms with Crippen molar-refractivity contribution in [3.05, 3.63) is 35.6 Å². The molecule has 0 aliphatic heterocycles. The highest BCUT2D eigenvalue weighted by atomic mass is 19.1. The lowest BCUT2D eigenvalue weighted by Gasteiger charge is -2.18. The van der Waals surface area contributed by atoms with Gasteiger partial charge in [-0.25, -0.2) is 4.39 Å². The predicted octanol–water partition coefficient (Wildman–Crippen LogP) is -0.210. The third-order valence-corrected chi connectivity index (χ3v) is 3.16. The first-order chi connectivity index (χ1) is 10.7. The van der Waals surface area contributed by atoms with Crippen LogP contribution in [0.4, 0.5) is 4.39 Å². The van der Waals surface area contributed by atoms with Crippen LogP contribution in [0.5, 0.6) is 0 Å². The van der Waals surface area contributed by atoms with Gasteiger partial charge in [0.05, 0.1) is 6.04 Å². The van der Waals surface area contributed by atoms with Gasteiger partial charge in [0.25, 0.3) is 0 Å². The Hall–Kier alpha value is -2.48. The molecule has 0 fully saturated rings. The van der Waals surface area contributed by atoms with Crippen molar-refractivity contribution < 1.29 is 23.9 Å². The Labute approximate surface area is 133 Å². The second kappa shape index (κ2) is 8.23. The Balaban J connectivity index is 2.53. The number of halogens is 1. The summed E-state index contributed by atoms with van der Waals surface area (Å²) in [4.78, 5) is 34.3. The molecule has 126 valence electrons. The molecule has 0 aromatic heterocycles. The lowest BCUT2D eigenvalue weighted by Crippen LogP contribution is -2.53. The minimum Gasteiger partial charge on any atom is -0.480 e. The first kappa shape index (κ1) is 18.6. The molecule has 0 heterocycles. The largest absolute Gasteiger partial charge is 0.480 e. The van der Waals surface area contributed by atoms with Crippen molar-refractivity contribution in [2.24, 2.45) is 5.73 Å². The highest BCUT2D eigenvalue weighted by molar-refractivity contribution is 5.91. The second-order valence-electron chi connectivity index (χ2n) is 5.24. The number of hydrogen-bond donors (Lipinski definition) is 4. The minimum atomic E-state index is -1.18. The van der Waals surface area contributed by atoms with Crippen molar-refractivity contribution in [2.75, 3.05) is 0 Å². The fourth-order valence-corrected chi connectivity index (χ4v) is 1.80. The van der Waals surface area contributed by atoms with Crippen LogP contribution in [0, 0.1) is 5.82 Å². The molecule has 7 nitrogen and oxygen atoms in total. The lowest BCUT2D eigenvalue weighted by molar-refractivity contribution is -0.141. The van der Waals surface area contributed by atoms with Gasteiger partial charge < -0.3 is 21.5 Å². The zero-order valence-corrected chi connectivity index (χ0v) is 12.9. The van der Waals surface area contributed by atoms with Crippen molar-refractivity contribution in [1.29, 1.82) is 0 Å². The molecule has 0 bridgehead atoms. The monoisotopic (exact) mass is 325 g/mol. The number of nitrogens with one attached hydrogen (secondary N) is 2. The molecule has 3 atom stereocenters. The molecule has 5 N–H and O–H groups in total. The van der Waals surface area contributed by atoms with E-state index in [-0.39, 0.29) is 6.42 Å². The third-order valence-electron chi connectivity index (χ3n) is 3.16. The third kappa shape index (κ3) is 6.03. The van der Waals surface area contributed by atoms with Gasteiger partial charge in [-0.1, -0.05) is 12.1 Å². The Morgan fingerprint density at radius 2 is 1.78 bits per heavy atom. The van der Waals surface area contributed by atoms with Gasteiger partial charge in [-0.15, -0.1) is 0 Å². The number of benzene rings is 1. The van der Waals surface area contributed by atoms with Crippen molar-refractivity contribution in [3.8, 4) is 0 Å². The Kier molecular flexibility index (Phi) is 6.65. The van der Waals surface area contributed by atoms with Crippen LogP contribution in [0.25, 0.3) is 0 Å². The molecule has 23 heavy (non-hydrogen) atoms. The van der Waals surface area contributed by atoms with E-state index in [1.165, 1.54) is 32.0 Å². The first-order valence-corrected chi connectivity index (χ1v) is 7.04. The Morgan fingerprint density at radius 3 is 2.35 bits per heavy atom. The average molecular weight is 325 g/mol. The zero-order valence-electron chi connectivity index (χ0n) is 12.9. The molecule has 2 amide bonds. The summed E-state index contributed by atoms with van der Waals surface area (Å²) in [6.07, 6.45) is 0.115. The topological polar surface area (TPSA) is 122 Å². The molecule has 0 saturated heterocycles. The van der Waals surface area contributed by atoms with Crippen molar-refractivity contribution in [1.82, 2.24) is 10.6 Å². The number of hydrogen-bond acceptors (Lipinski definition) is 4. The van der Waals surface area contributed by atoms with Gasteiger partial charge in [0.2, 0.25) is 11.8 Å². The van der Waals surface area contributed by atoms with Gasteiger partial charge in [0.1, 0.15) is 17.9 Å². The normalized spacial score (nSPS) is 14.4. The number of aliphatic carboxylic acids is 1. The summed E-state index contributed by atoms with van der Waals surface area (Å²) in [5.41, 5.74) is 6.30. The summed E-state index contributed by atoms with van der Waals surface area (Å²) >= 11 is 0. The van der Waals surface area contributed by atoms with E-state index in [9.17, 15) is 18.8 Å². The molecular formula is C15H20FN3O4. The summed E-state index contributed by atoms with van der Waals surface area (Å²) in [6, 6.07) is 2.75. The van der Waals surface area contributed by atoms with Gasteiger partial charge >= 0.3 is 5.97 Å². The fourth-order valence-electron chi connectivity index (χ4n) is 1.80. The van der Waals surface area contributed by atoms with E-state index >= 15 is 0 Å². The maximum Gasteiger partial charge on any atom is 0.325 e. The predicted molar refractivity (Wildman–Crippen MR) is 80.9 cm³/mol. The van der Waals surface area contributed by atoms with Crippen LogP contribution in [0.3, 0.4) is 0 Å². The fraction of sp³-hybridized carbons (Fsp3) is 0.400. The SMILES string of the molecule is CC(NC(=O)C(C)NC(=O)C(N)Cc1cccc(F)c1)C(=O)O. The van der Waals surface area contributed by atoms with Crippen molar-refractivity contribution >= 4 is 17.8 Å². The van der Waals surface area contributed by atoms with Crippen molar-refractivity contribution in [2.45, 2.75) is 38.4 Å². The van der Waals surface area contributed by atoms with E-state index in [1.807, 2.05) is 0 Å².